The van der Waals surface area contributed by atoms with Gasteiger partial charge in [0.15, 0.2) is 16.6 Å². The van der Waals surface area contributed by atoms with Crippen LogP contribution in [0.1, 0.15) is 25.5 Å². The van der Waals surface area contributed by atoms with Crippen LogP contribution < -0.4 is 19.7 Å². The number of nitrogens with one attached hydrogen (secondary N) is 1. The number of carbonyl (C=O) groups is 1. The number of esters is 1. The van der Waals surface area contributed by atoms with Crippen molar-refractivity contribution in [2.24, 2.45) is 0 Å². The first kappa shape index (κ1) is 21.9. The molecule has 0 saturated carbocycles. The molecule has 2 aromatic rings. The average molecular weight is 447 g/mol. The average Bonchev–Trinajstić information content (AvgIpc) is 2.74. The molecule has 6 nitrogen and oxygen atoms in total. The van der Waals surface area contributed by atoms with Crippen LogP contribution in [0.5, 0.6) is 11.5 Å². The molecule has 1 unspecified atom stereocenters. The van der Waals surface area contributed by atoms with Crippen molar-refractivity contribution in [2.75, 3.05) is 25.7 Å². The summed E-state index contributed by atoms with van der Waals surface area (Å²) in [6.45, 7) is 3.89. The standard InChI is InChI=1S/C22H23ClN2O4S/c1-5-29-21(26)19-13(2)25(16-9-7-15(23)8-10-16)22(30)24-20(19)14-6-11-17(27-3)18(12-14)28-4/h6-12,20H,5H2,1-4H3,(H,24,30). The molecule has 1 N–H and O–H groups in total. The van der Waals surface area contributed by atoms with Crippen molar-refractivity contribution in [2.45, 2.75) is 19.9 Å². The van der Waals surface area contributed by atoms with E-state index in [2.05, 4.69) is 5.32 Å². The van der Waals surface area contributed by atoms with E-state index in [1.165, 1.54) is 0 Å². The van der Waals surface area contributed by atoms with E-state index in [0.717, 1.165) is 11.3 Å². The van der Waals surface area contributed by atoms with E-state index >= 15 is 0 Å². The first-order valence-electron chi connectivity index (χ1n) is 9.37. The van der Waals surface area contributed by atoms with Gasteiger partial charge in [-0.25, -0.2) is 4.79 Å². The molecule has 1 heterocycles. The van der Waals surface area contributed by atoms with Crippen LogP contribution in [0.3, 0.4) is 0 Å². The highest BCUT2D eigenvalue weighted by molar-refractivity contribution is 7.80. The van der Waals surface area contributed by atoms with Crippen LogP contribution >= 0.6 is 23.8 Å². The lowest BCUT2D eigenvalue weighted by atomic mass is 9.94. The molecule has 0 aromatic heterocycles. The summed E-state index contributed by atoms with van der Waals surface area (Å²) in [5.74, 6) is 0.744. The Bertz CT molecular complexity index is 991. The van der Waals surface area contributed by atoms with E-state index in [4.69, 9.17) is 38.0 Å². The zero-order chi connectivity index (χ0) is 21.8. The summed E-state index contributed by atoms with van der Waals surface area (Å²) in [4.78, 5) is 14.7. The van der Waals surface area contributed by atoms with Gasteiger partial charge in [0, 0.05) is 16.4 Å². The van der Waals surface area contributed by atoms with Crippen molar-refractivity contribution in [3.05, 3.63) is 64.3 Å². The van der Waals surface area contributed by atoms with Crippen molar-refractivity contribution >= 4 is 40.6 Å². The molecule has 0 amide bonds. The minimum absolute atomic E-state index is 0.264. The molecule has 3 rings (SSSR count). The van der Waals surface area contributed by atoms with Gasteiger partial charge >= 0.3 is 5.97 Å². The van der Waals surface area contributed by atoms with E-state index in [1.54, 1.807) is 44.2 Å². The van der Waals surface area contributed by atoms with E-state index in [9.17, 15) is 4.79 Å². The number of allylic oxidation sites excluding steroid dienone is 1. The first-order valence-corrected chi connectivity index (χ1v) is 10.2. The zero-order valence-electron chi connectivity index (χ0n) is 17.2. The summed E-state index contributed by atoms with van der Waals surface area (Å²) in [5, 5.41) is 4.35. The van der Waals surface area contributed by atoms with Crippen molar-refractivity contribution in [1.82, 2.24) is 5.32 Å². The van der Waals surface area contributed by atoms with Gasteiger partial charge in [0.2, 0.25) is 0 Å². The zero-order valence-corrected chi connectivity index (χ0v) is 18.8. The second-order valence-electron chi connectivity index (χ2n) is 6.53. The SMILES string of the molecule is CCOC(=O)C1=C(C)N(c2ccc(Cl)cc2)C(=S)NC1c1ccc(OC)c(OC)c1. The topological polar surface area (TPSA) is 60.0 Å². The van der Waals surface area contributed by atoms with Gasteiger partial charge in [-0.2, -0.15) is 0 Å². The Morgan fingerprint density at radius 3 is 2.40 bits per heavy atom. The normalized spacial score (nSPS) is 16.2. The fourth-order valence-electron chi connectivity index (χ4n) is 3.40. The maximum absolute atomic E-state index is 12.9. The molecule has 0 bridgehead atoms. The molecule has 2 aromatic carbocycles. The van der Waals surface area contributed by atoms with Gasteiger partial charge in [-0.15, -0.1) is 0 Å². The predicted molar refractivity (Wildman–Crippen MR) is 121 cm³/mol. The maximum atomic E-state index is 12.9. The third kappa shape index (κ3) is 4.22. The third-order valence-corrected chi connectivity index (χ3v) is 5.36. The van der Waals surface area contributed by atoms with Gasteiger partial charge in [0.1, 0.15) is 0 Å². The molecule has 0 radical (unpaired) electrons. The smallest absolute Gasteiger partial charge is 0.338 e. The largest absolute Gasteiger partial charge is 0.493 e. The number of thiocarbonyl (C=S) groups is 1. The molecule has 8 heteroatoms. The van der Waals surface area contributed by atoms with Gasteiger partial charge in [-0.1, -0.05) is 17.7 Å². The van der Waals surface area contributed by atoms with Crippen molar-refractivity contribution < 1.29 is 19.0 Å². The summed E-state index contributed by atoms with van der Waals surface area (Å²) < 4.78 is 16.1. The van der Waals surface area contributed by atoms with E-state index in [-0.39, 0.29) is 6.61 Å². The van der Waals surface area contributed by atoms with Crippen LogP contribution in [0, 0.1) is 0 Å². The van der Waals surface area contributed by atoms with Gasteiger partial charge in [0.05, 0.1) is 32.4 Å². The number of nitrogens with zero attached hydrogens (tertiary/aromatic N) is 1. The third-order valence-electron chi connectivity index (χ3n) is 4.81. The summed E-state index contributed by atoms with van der Waals surface area (Å²) in [7, 11) is 3.14. The highest BCUT2D eigenvalue weighted by atomic mass is 35.5. The van der Waals surface area contributed by atoms with Crippen LogP contribution in [-0.2, 0) is 9.53 Å². The Morgan fingerprint density at radius 1 is 1.13 bits per heavy atom. The molecule has 1 aliphatic heterocycles. The van der Waals surface area contributed by atoms with Gasteiger partial charge in [-0.3, -0.25) is 4.90 Å². The summed E-state index contributed by atoms with van der Waals surface area (Å²) in [6, 6.07) is 12.2. The fraction of sp³-hybridized carbons (Fsp3) is 0.273. The lowest BCUT2D eigenvalue weighted by Gasteiger charge is -2.37. The first-order chi connectivity index (χ1) is 14.4. The molecule has 30 heavy (non-hydrogen) atoms. The molecule has 0 spiro atoms. The van der Waals surface area contributed by atoms with E-state index < -0.39 is 12.0 Å². The summed E-state index contributed by atoms with van der Waals surface area (Å²) >= 11 is 11.7. The number of benzene rings is 2. The van der Waals surface area contributed by atoms with Crippen molar-refractivity contribution in [3.63, 3.8) is 0 Å². The lowest BCUT2D eigenvalue weighted by Crippen LogP contribution is -2.48. The monoisotopic (exact) mass is 446 g/mol. The number of ether oxygens (including phenoxy) is 3. The Balaban J connectivity index is 2.13. The number of carbonyl (C=O) groups excluding carboxylic acids is 1. The number of rotatable bonds is 6. The van der Waals surface area contributed by atoms with Gasteiger partial charge in [0.25, 0.3) is 0 Å². The van der Waals surface area contributed by atoms with Crippen LogP contribution in [0.15, 0.2) is 53.7 Å². The maximum Gasteiger partial charge on any atom is 0.338 e. The molecule has 0 saturated heterocycles. The van der Waals surface area contributed by atoms with Gasteiger partial charge < -0.3 is 19.5 Å². The second-order valence-corrected chi connectivity index (χ2v) is 7.35. The predicted octanol–water partition coefficient (Wildman–Crippen LogP) is 4.63. The molecule has 0 fully saturated rings. The Kier molecular flexibility index (Phi) is 6.84. The van der Waals surface area contributed by atoms with E-state index in [0.29, 0.717) is 32.9 Å². The Morgan fingerprint density at radius 2 is 1.80 bits per heavy atom. The van der Waals surface area contributed by atoms with Crippen LogP contribution in [0.25, 0.3) is 0 Å². The second kappa shape index (κ2) is 9.36. The fourth-order valence-corrected chi connectivity index (χ4v) is 3.89. The van der Waals surface area contributed by atoms with Crippen LogP contribution in [0.2, 0.25) is 5.02 Å². The number of methoxy groups -OCH3 is 2. The molecule has 158 valence electrons. The minimum Gasteiger partial charge on any atom is -0.493 e. The van der Waals surface area contributed by atoms with Gasteiger partial charge in [-0.05, 0) is 68.0 Å². The van der Waals surface area contributed by atoms with Crippen molar-refractivity contribution in [1.29, 1.82) is 0 Å². The summed E-state index contributed by atoms with van der Waals surface area (Å²) in [5.41, 5.74) is 2.74. The quantitative estimate of drug-likeness (QED) is 0.512. The van der Waals surface area contributed by atoms with Crippen LogP contribution in [0.4, 0.5) is 5.69 Å². The lowest BCUT2D eigenvalue weighted by molar-refractivity contribution is -0.139. The summed E-state index contributed by atoms with van der Waals surface area (Å²) in [6.07, 6.45) is 0. The Labute approximate surface area is 186 Å². The number of hydrogen-bond donors (Lipinski definition) is 1. The number of anilines is 1. The molecule has 0 aliphatic carbocycles. The molecular formula is C22H23ClN2O4S. The highest BCUT2D eigenvalue weighted by Gasteiger charge is 2.35. The Hall–Kier alpha value is -2.77. The minimum atomic E-state index is -0.500. The van der Waals surface area contributed by atoms with E-state index in [1.807, 2.05) is 31.2 Å². The van der Waals surface area contributed by atoms with Crippen LogP contribution in [-0.4, -0.2) is 31.9 Å². The number of hydrogen-bond acceptors (Lipinski definition) is 5. The highest BCUT2D eigenvalue weighted by Crippen LogP contribution is 2.37. The van der Waals surface area contributed by atoms with Crippen molar-refractivity contribution in [3.8, 4) is 11.5 Å². The molecule has 1 aliphatic rings. The molecular weight excluding hydrogens is 424 g/mol. The number of halogens is 1. The molecule has 1 atom stereocenters.